The van der Waals surface area contributed by atoms with Gasteiger partial charge in [-0.15, -0.1) is 0 Å². The van der Waals surface area contributed by atoms with Crippen LogP contribution in [0.15, 0.2) is 248 Å². The van der Waals surface area contributed by atoms with Gasteiger partial charge in [0, 0.05) is 7.26 Å². The fraction of sp³-hybridized carbons (Fsp3) is 0.0200. The lowest BCUT2D eigenvalue weighted by atomic mass is 9.13. The Morgan fingerprint density at radius 2 is 0.547 bits per heavy atom. The Morgan fingerprint density at radius 3 is 0.811 bits per heavy atom. The molecule has 8 aromatic carbocycles. The van der Waals surface area contributed by atoms with Gasteiger partial charge in [0.05, 0.1) is 27.7 Å². The second kappa shape index (κ2) is 17.4. The molecule has 3 heteroatoms. The van der Waals surface area contributed by atoms with Gasteiger partial charge in [-0.1, -0.05) is 205 Å². The van der Waals surface area contributed by atoms with E-state index >= 15 is 0 Å². The van der Waals surface area contributed by atoms with Crippen LogP contribution in [-0.4, -0.2) is 12.4 Å². The van der Waals surface area contributed by atoms with Crippen LogP contribution in [0, 0.1) is 5.49 Å². The summed E-state index contributed by atoms with van der Waals surface area (Å²) in [6.07, 6.45) is 1.13. The molecule has 0 heterocycles. The van der Waals surface area contributed by atoms with Gasteiger partial charge >= 0.3 is 0 Å². The Kier molecular flexibility index (Phi) is 11.8. The highest BCUT2D eigenvalue weighted by Gasteiger charge is 2.42. The largest absolute Gasteiger partial charge is 0.195 e. The highest BCUT2D eigenvalue weighted by molar-refractivity contribution is 8.14. The molecular weight excluding hydrogens is 674 g/mol. The molecule has 258 valence electrons. The van der Waals surface area contributed by atoms with Crippen molar-refractivity contribution in [2.75, 3.05) is 6.26 Å². The summed E-state index contributed by atoms with van der Waals surface area (Å²) in [4.78, 5) is 1.38. The predicted octanol–water partition coefficient (Wildman–Crippen LogP) is 8.47. The smallest absolute Gasteiger partial charge is 0.127 e. The Balaban J connectivity index is 0.000000165. The highest BCUT2D eigenvalue weighted by Crippen LogP contribution is 2.60. The zero-order valence-electron chi connectivity index (χ0n) is 30.1. The summed E-state index contributed by atoms with van der Waals surface area (Å²) in [7, 11) is -1.87. The van der Waals surface area contributed by atoms with Crippen LogP contribution in [0.2, 0.25) is 0 Å². The minimum atomic E-state index is -1.89. The zero-order valence-corrected chi connectivity index (χ0v) is 31.8. The van der Waals surface area contributed by atoms with E-state index in [1.54, 1.807) is 0 Å². The molecule has 0 N–H and O–H groups in total. The third-order valence-electron chi connectivity index (χ3n) is 10.1. The van der Waals surface area contributed by atoms with Crippen molar-refractivity contribution in [3.05, 3.63) is 248 Å². The molecule has 0 amide bonds. The SMILES string of the molecule is C[S+]([CH-][P+](c1ccccc1)(c1ccccc1)c1ccccc1)c1ccccc1.c1ccc([B-](c2ccccc2)(c2ccccc2)c2ccccc2)cc1. The average Bonchev–Trinajstić information content (AvgIpc) is 3.26. The number of hydrogen-bond acceptors (Lipinski definition) is 0. The van der Waals surface area contributed by atoms with Gasteiger partial charge < -0.3 is 0 Å². The topological polar surface area (TPSA) is 0 Å². The van der Waals surface area contributed by atoms with Gasteiger partial charge in [-0.25, -0.2) is 0 Å². The molecule has 53 heavy (non-hydrogen) atoms. The first-order chi connectivity index (χ1) is 26.2. The monoisotopic (exact) mass is 718 g/mol. The van der Waals surface area contributed by atoms with Crippen molar-refractivity contribution in [1.82, 2.24) is 0 Å². The lowest BCUT2D eigenvalue weighted by Crippen LogP contribution is -2.74. The molecule has 0 saturated carbocycles. The van der Waals surface area contributed by atoms with Gasteiger partial charge in [-0.2, -0.15) is 21.9 Å². The van der Waals surface area contributed by atoms with Crippen LogP contribution in [0.1, 0.15) is 0 Å². The van der Waals surface area contributed by atoms with Crippen LogP contribution in [0.25, 0.3) is 0 Å². The van der Waals surface area contributed by atoms with Crippen molar-refractivity contribution >= 4 is 62.1 Å². The zero-order chi connectivity index (χ0) is 36.2. The van der Waals surface area contributed by atoms with Gasteiger partial charge in [-0.05, 0) is 48.5 Å². The van der Waals surface area contributed by atoms with Crippen molar-refractivity contribution in [1.29, 1.82) is 0 Å². The maximum absolute atomic E-state index is 2.64. The highest BCUT2D eigenvalue weighted by atomic mass is 32.2. The maximum atomic E-state index is 2.64. The summed E-state index contributed by atoms with van der Waals surface area (Å²) in [5.41, 5.74) is 8.00. The maximum Gasteiger partial charge on any atom is 0.127 e. The molecule has 0 nitrogen and oxygen atoms in total. The van der Waals surface area contributed by atoms with Crippen molar-refractivity contribution in [3.63, 3.8) is 0 Å². The standard InChI is InChI=1S/C26H24PS.C24H20B/c1-28(26-20-12-5-13-21-26)22-27(23-14-6-2-7-15-23,24-16-8-3-9-17-24)25-18-10-4-11-19-25;1-5-13-21(14-6-1)25(22-15-7-2-8-16-22,23-17-9-3-10-18-23)24-19-11-4-12-20-24/h2-22H,1H3;1-20H/q+1;-1. The van der Waals surface area contributed by atoms with Crippen LogP contribution in [0.5, 0.6) is 0 Å². The normalized spacial score (nSPS) is 11.9. The van der Waals surface area contributed by atoms with Crippen molar-refractivity contribution < 1.29 is 0 Å². The van der Waals surface area contributed by atoms with Crippen LogP contribution in [-0.2, 0) is 10.9 Å². The van der Waals surface area contributed by atoms with Crippen LogP contribution < -0.4 is 37.8 Å². The van der Waals surface area contributed by atoms with E-state index in [0.717, 1.165) is 0 Å². The minimum Gasteiger partial charge on any atom is -0.195 e. The van der Waals surface area contributed by atoms with E-state index in [1.165, 1.54) is 42.7 Å². The average molecular weight is 719 g/mol. The molecule has 1 unspecified atom stereocenters. The van der Waals surface area contributed by atoms with E-state index in [2.05, 4.69) is 254 Å². The summed E-state index contributed by atoms with van der Waals surface area (Å²) in [5, 5.41) is 4.22. The first kappa shape index (κ1) is 36.0. The van der Waals surface area contributed by atoms with Gasteiger partial charge in [0.25, 0.3) is 0 Å². The molecule has 0 radical (unpaired) electrons. The number of rotatable bonds is 10. The van der Waals surface area contributed by atoms with Crippen LogP contribution in [0.3, 0.4) is 0 Å². The lowest BCUT2D eigenvalue weighted by molar-refractivity contribution is 1.45. The van der Waals surface area contributed by atoms with Gasteiger partial charge in [0.1, 0.15) is 11.0 Å². The molecule has 0 saturated heterocycles. The van der Waals surface area contributed by atoms with E-state index in [-0.39, 0.29) is 10.9 Å². The van der Waals surface area contributed by atoms with Crippen molar-refractivity contribution in [2.45, 2.75) is 4.90 Å². The summed E-state index contributed by atoms with van der Waals surface area (Å²) in [6.45, 7) is 0. The van der Waals surface area contributed by atoms with E-state index in [0.29, 0.717) is 0 Å². The van der Waals surface area contributed by atoms with E-state index in [4.69, 9.17) is 0 Å². The first-order valence-corrected chi connectivity index (χ1v) is 21.8. The molecule has 0 aromatic heterocycles. The van der Waals surface area contributed by atoms with Gasteiger partial charge in [0.2, 0.25) is 0 Å². The van der Waals surface area contributed by atoms with Crippen molar-refractivity contribution in [2.24, 2.45) is 0 Å². The van der Waals surface area contributed by atoms with Crippen LogP contribution >= 0.6 is 7.26 Å². The number of hydrogen-bond donors (Lipinski definition) is 0. The van der Waals surface area contributed by atoms with Gasteiger partial charge in [0.15, 0.2) is 0 Å². The summed E-state index contributed by atoms with van der Waals surface area (Å²) < 4.78 is 0. The summed E-state index contributed by atoms with van der Waals surface area (Å²) in [6, 6.07) is 87.5. The second-order valence-electron chi connectivity index (χ2n) is 13.2. The van der Waals surface area contributed by atoms with E-state index in [9.17, 15) is 0 Å². The molecule has 0 aliphatic heterocycles. The molecular formula is C50H44BPS. The third-order valence-corrected chi connectivity index (χ3v) is 17.0. The summed E-state index contributed by atoms with van der Waals surface area (Å²) >= 11 is 0. The van der Waals surface area contributed by atoms with Crippen molar-refractivity contribution in [3.8, 4) is 0 Å². The molecule has 0 fully saturated rings. The Morgan fingerprint density at radius 1 is 0.321 bits per heavy atom. The fourth-order valence-corrected chi connectivity index (χ4v) is 14.9. The molecule has 0 aliphatic carbocycles. The Hall–Kier alpha value is -5.40. The van der Waals surface area contributed by atoms with E-state index < -0.39 is 13.4 Å². The molecule has 0 spiro atoms. The first-order valence-electron chi connectivity index (χ1n) is 18.2. The quantitative estimate of drug-likeness (QED) is 0.0577. The number of benzene rings is 8. The van der Waals surface area contributed by atoms with E-state index in [1.807, 2.05) is 0 Å². The molecule has 0 aliphatic rings. The van der Waals surface area contributed by atoms with Gasteiger partial charge in [-0.3, -0.25) is 0 Å². The Bertz CT molecular complexity index is 1980. The predicted molar refractivity (Wildman–Crippen MR) is 238 cm³/mol. The van der Waals surface area contributed by atoms with Crippen LogP contribution in [0.4, 0.5) is 0 Å². The molecule has 1 atom stereocenters. The molecule has 8 aromatic rings. The minimum absolute atomic E-state index is 0.0201. The fourth-order valence-electron chi connectivity index (χ4n) is 7.67. The summed E-state index contributed by atoms with van der Waals surface area (Å²) in [5.74, 6) is 0. The third kappa shape index (κ3) is 7.72. The molecule has 0 bridgehead atoms. The lowest BCUT2D eigenvalue weighted by Gasteiger charge is -2.44. The second-order valence-corrected chi connectivity index (χ2v) is 18.6. The molecule has 8 rings (SSSR count). The Labute approximate surface area is 319 Å².